The van der Waals surface area contributed by atoms with Crippen LogP contribution < -0.4 is 16.4 Å². The maximum atomic E-state index is 11.5. The van der Waals surface area contributed by atoms with Gasteiger partial charge in [-0.2, -0.15) is 0 Å². The molecule has 0 bridgehead atoms. The van der Waals surface area contributed by atoms with Crippen molar-refractivity contribution in [3.05, 3.63) is 29.6 Å². The average Bonchev–Trinajstić information content (AvgIpc) is 2.75. The average molecular weight is 263 g/mol. The highest BCUT2D eigenvalue weighted by atomic mass is 32.1. The van der Waals surface area contributed by atoms with Crippen molar-refractivity contribution < 1.29 is 9.59 Å². The van der Waals surface area contributed by atoms with Crippen LogP contribution in [0.25, 0.3) is 10.1 Å². The van der Waals surface area contributed by atoms with Gasteiger partial charge in [-0.1, -0.05) is 0 Å². The third-order valence-corrected chi connectivity index (χ3v) is 3.37. The lowest BCUT2D eigenvalue weighted by atomic mass is 10.2. The monoisotopic (exact) mass is 263 g/mol. The molecule has 2 aromatic rings. The molecule has 0 aliphatic rings. The summed E-state index contributed by atoms with van der Waals surface area (Å²) in [5.41, 5.74) is 5.71. The number of carbonyl (C=O) groups excluding carboxylic acids is 2. The molecule has 18 heavy (non-hydrogen) atoms. The number of thiophene rings is 1. The fourth-order valence-corrected chi connectivity index (χ4v) is 2.37. The highest BCUT2D eigenvalue weighted by Crippen LogP contribution is 2.24. The van der Waals surface area contributed by atoms with Crippen molar-refractivity contribution >= 4 is 39.0 Å². The third-order valence-electron chi connectivity index (χ3n) is 2.48. The molecular formula is C12H13N3O2S. The number of primary amides is 1. The second-order valence-corrected chi connectivity index (χ2v) is 4.84. The summed E-state index contributed by atoms with van der Waals surface area (Å²) < 4.78 is 1.19. The van der Waals surface area contributed by atoms with Gasteiger partial charge >= 0.3 is 6.03 Å². The van der Waals surface area contributed by atoms with Crippen LogP contribution in [0, 0.1) is 0 Å². The fourth-order valence-electron chi connectivity index (χ4n) is 1.60. The van der Waals surface area contributed by atoms with Gasteiger partial charge in [0.05, 0.1) is 0 Å². The van der Waals surface area contributed by atoms with Gasteiger partial charge in [-0.25, -0.2) is 4.79 Å². The Labute approximate surface area is 108 Å². The van der Waals surface area contributed by atoms with Crippen molar-refractivity contribution in [3.8, 4) is 0 Å². The topological polar surface area (TPSA) is 84.2 Å². The van der Waals surface area contributed by atoms with Crippen LogP contribution in [0.2, 0.25) is 0 Å². The number of amides is 3. The van der Waals surface area contributed by atoms with E-state index in [-0.39, 0.29) is 0 Å². The van der Waals surface area contributed by atoms with Gasteiger partial charge in [0.15, 0.2) is 0 Å². The van der Waals surface area contributed by atoms with E-state index in [1.54, 1.807) is 18.3 Å². The number of nitrogens with two attached hydrogens (primary N) is 1. The van der Waals surface area contributed by atoms with Crippen LogP contribution in [-0.2, 0) is 4.79 Å². The molecule has 4 N–H and O–H groups in total. The minimum absolute atomic E-state index is 0.451. The number of carbonyl (C=O) groups is 2. The predicted molar refractivity (Wildman–Crippen MR) is 72.6 cm³/mol. The molecule has 0 aliphatic heterocycles. The van der Waals surface area contributed by atoms with Crippen LogP contribution in [0.5, 0.6) is 0 Å². The van der Waals surface area contributed by atoms with Gasteiger partial charge < -0.3 is 11.1 Å². The molecule has 2 rings (SSSR count). The molecule has 1 atom stereocenters. The molecule has 1 unspecified atom stereocenters. The molecule has 0 saturated carbocycles. The maximum absolute atomic E-state index is 11.5. The second kappa shape index (κ2) is 5.05. The number of anilines is 1. The first kappa shape index (κ1) is 12.4. The van der Waals surface area contributed by atoms with Crippen LogP contribution >= 0.6 is 11.3 Å². The van der Waals surface area contributed by atoms with E-state index in [1.165, 1.54) is 4.70 Å². The van der Waals surface area contributed by atoms with Crippen molar-refractivity contribution in [3.63, 3.8) is 0 Å². The van der Waals surface area contributed by atoms with E-state index in [9.17, 15) is 9.59 Å². The zero-order chi connectivity index (χ0) is 13.1. The van der Waals surface area contributed by atoms with Crippen LogP contribution in [0.15, 0.2) is 29.6 Å². The summed E-state index contributed by atoms with van der Waals surface area (Å²) in [6.07, 6.45) is 0. The Morgan fingerprint density at radius 1 is 1.33 bits per heavy atom. The normalized spacial score (nSPS) is 12.1. The molecule has 3 amide bonds. The fraction of sp³-hybridized carbons (Fsp3) is 0.167. The smallest absolute Gasteiger partial charge is 0.318 e. The summed E-state index contributed by atoms with van der Waals surface area (Å²) in [4.78, 5) is 22.1. The minimum atomic E-state index is -0.845. The third kappa shape index (κ3) is 2.78. The van der Waals surface area contributed by atoms with Gasteiger partial charge in [-0.3, -0.25) is 10.1 Å². The first-order valence-electron chi connectivity index (χ1n) is 5.40. The number of benzene rings is 1. The first-order chi connectivity index (χ1) is 8.56. The summed E-state index contributed by atoms with van der Waals surface area (Å²) in [6.45, 7) is 1.66. The number of urea groups is 1. The van der Waals surface area contributed by atoms with Gasteiger partial charge in [-0.05, 0) is 42.0 Å². The molecule has 1 aromatic heterocycles. The van der Waals surface area contributed by atoms with Crippen molar-refractivity contribution in [2.75, 3.05) is 5.32 Å². The maximum Gasteiger partial charge on any atom is 0.318 e. The number of hydrogen-bond acceptors (Lipinski definition) is 4. The zero-order valence-corrected chi connectivity index (χ0v) is 10.6. The molecule has 0 aliphatic carbocycles. The Kier molecular flexibility index (Phi) is 3.47. The van der Waals surface area contributed by atoms with E-state index in [4.69, 9.17) is 5.73 Å². The Morgan fingerprint density at radius 3 is 2.83 bits per heavy atom. The SMILES string of the molecule is CC(Nc1ccc2sccc2c1)C(=O)NC(N)=O. The second-order valence-electron chi connectivity index (χ2n) is 3.89. The largest absolute Gasteiger partial charge is 0.374 e. The predicted octanol–water partition coefficient (Wildman–Crippen LogP) is 1.90. The zero-order valence-electron chi connectivity index (χ0n) is 9.77. The quantitative estimate of drug-likeness (QED) is 0.790. The molecule has 6 heteroatoms. The Morgan fingerprint density at radius 2 is 2.11 bits per heavy atom. The molecule has 0 radical (unpaired) electrons. The highest BCUT2D eigenvalue weighted by Gasteiger charge is 2.14. The van der Waals surface area contributed by atoms with Crippen molar-refractivity contribution in [1.82, 2.24) is 5.32 Å². The van der Waals surface area contributed by atoms with Crippen molar-refractivity contribution in [1.29, 1.82) is 0 Å². The minimum Gasteiger partial charge on any atom is -0.374 e. The highest BCUT2D eigenvalue weighted by molar-refractivity contribution is 7.17. The van der Waals surface area contributed by atoms with E-state index in [0.717, 1.165) is 11.1 Å². The van der Waals surface area contributed by atoms with E-state index >= 15 is 0 Å². The van der Waals surface area contributed by atoms with E-state index in [1.807, 2.05) is 35.0 Å². The van der Waals surface area contributed by atoms with Gasteiger partial charge in [0.2, 0.25) is 5.91 Å². The standard InChI is InChI=1S/C12H13N3O2S/c1-7(11(16)15-12(13)17)14-9-2-3-10-8(6-9)4-5-18-10/h2-7,14H,1H3,(H3,13,15,16,17). The van der Waals surface area contributed by atoms with Gasteiger partial charge in [0.25, 0.3) is 0 Å². The first-order valence-corrected chi connectivity index (χ1v) is 6.28. The Balaban J connectivity index is 2.08. The number of nitrogens with one attached hydrogen (secondary N) is 2. The summed E-state index contributed by atoms with van der Waals surface area (Å²) in [5, 5.41) is 8.18. The molecular weight excluding hydrogens is 250 g/mol. The van der Waals surface area contributed by atoms with E-state index < -0.39 is 18.0 Å². The van der Waals surface area contributed by atoms with Crippen molar-refractivity contribution in [2.24, 2.45) is 5.73 Å². The molecule has 0 spiro atoms. The van der Waals surface area contributed by atoms with E-state index in [0.29, 0.717) is 0 Å². The summed E-state index contributed by atoms with van der Waals surface area (Å²) in [5.74, 6) is -0.451. The number of fused-ring (bicyclic) bond motifs is 1. The van der Waals surface area contributed by atoms with Gasteiger partial charge in [0, 0.05) is 10.4 Å². The van der Waals surface area contributed by atoms with Crippen molar-refractivity contribution in [2.45, 2.75) is 13.0 Å². The number of hydrogen-bond donors (Lipinski definition) is 3. The lowest BCUT2D eigenvalue weighted by molar-refractivity contribution is -0.120. The molecule has 0 saturated heterocycles. The van der Waals surface area contributed by atoms with Crippen LogP contribution in [0.1, 0.15) is 6.92 Å². The van der Waals surface area contributed by atoms with Crippen LogP contribution in [0.3, 0.4) is 0 Å². The number of imide groups is 1. The molecule has 94 valence electrons. The molecule has 1 heterocycles. The number of rotatable bonds is 3. The summed E-state index contributed by atoms with van der Waals surface area (Å²) in [6, 6.07) is 6.48. The summed E-state index contributed by atoms with van der Waals surface area (Å²) in [7, 11) is 0. The van der Waals surface area contributed by atoms with E-state index in [2.05, 4.69) is 5.32 Å². The van der Waals surface area contributed by atoms with Gasteiger partial charge in [-0.15, -0.1) is 11.3 Å². The lowest BCUT2D eigenvalue weighted by Gasteiger charge is -2.13. The van der Waals surface area contributed by atoms with Crippen LogP contribution in [-0.4, -0.2) is 18.0 Å². The molecule has 1 aromatic carbocycles. The van der Waals surface area contributed by atoms with Crippen LogP contribution in [0.4, 0.5) is 10.5 Å². The molecule has 0 fully saturated rings. The van der Waals surface area contributed by atoms with Gasteiger partial charge in [0.1, 0.15) is 6.04 Å². The summed E-state index contributed by atoms with van der Waals surface area (Å²) >= 11 is 1.66. The molecule has 5 nitrogen and oxygen atoms in total. The Hall–Kier alpha value is -2.08. The lowest BCUT2D eigenvalue weighted by Crippen LogP contribution is -2.43. The Bertz CT molecular complexity index is 594.